The van der Waals surface area contributed by atoms with Crippen LogP contribution in [-0.2, 0) is 0 Å². The quantitative estimate of drug-likeness (QED) is 0.879. The van der Waals surface area contributed by atoms with E-state index in [2.05, 4.69) is 28.7 Å². The van der Waals surface area contributed by atoms with Crippen LogP contribution < -0.4 is 5.32 Å². The van der Waals surface area contributed by atoms with Gasteiger partial charge in [0.2, 0.25) is 0 Å². The van der Waals surface area contributed by atoms with Gasteiger partial charge in [-0.15, -0.1) is 0 Å². The summed E-state index contributed by atoms with van der Waals surface area (Å²) in [5, 5.41) is 10.4. The van der Waals surface area contributed by atoms with Crippen LogP contribution in [0.4, 0.5) is 4.79 Å². The van der Waals surface area contributed by atoms with E-state index in [1.54, 1.807) is 0 Å². The number of likely N-dealkylation sites (tertiary alicyclic amines) is 1. The molecule has 1 fully saturated rings. The molecule has 1 aromatic rings. The Balaban J connectivity index is 2.03. The van der Waals surface area contributed by atoms with Crippen molar-refractivity contribution in [3.05, 3.63) is 17.0 Å². The molecule has 21 heavy (non-hydrogen) atoms. The van der Waals surface area contributed by atoms with E-state index < -0.39 is 0 Å². The van der Waals surface area contributed by atoms with Gasteiger partial charge in [0.25, 0.3) is 0 Å². The molecule has 0 bridgehead atoms. The summed E-state index contributed by atoms with van der Waals surface area (Å²) in [6, 6.07) is 0.445. The van der Waals surface area contributed by atoms with Gasteiger partial charge in [0.15, 0.2) is 0 Å². The number of aromatic amines is 1. The second-order valence-electron chi connectivity index (χ2n) is 5.83. The summed E-state index contributed by atoms with van der Waals surface area (Å²) in [6.45, 7) is 6.95. The average molecular weight is 310 g/mol. The molecule has 0 aliphatic carbocycles. The number of amides is 2. The van der Waals surface area contributed by atoms with E-state index in [4.69, 9.17) is 0 Å². The maximum absolute atomic E-state index is 12.5. The van der Waals surface area contributed by atoms with Crippen LogP contribution in [0.2, 0.25) is 0 Å². The lowest BCUT2D eigenvalue weighted by Gasteiger charge is -2.27. The molecule has 118 valence electrons. The number of thioether (sulfide) groups is 1. The zero-order valence-corrected chi connectivity index (χ0v) is 14.2. The Morgan fingerprint density at radius 2 is 2.33 bits per heavy atom. The third-order valence-corrected chi connectivity index (χ3v) is 4.80. The third-order valence-electron chi connectivity index (χ3n) is 4.16. The molecule has 2 N–H and O–H groups in total. The molecule has 0 spiro atoms. The highest BCUT2D eigenvalue weighted by Crippen LogP contribution is 2.34. The molecule has 1 saturated heterocycles. The Morgan fingerprint density at radius 3 is 2.95 bits per heavy atom. The minimum absolute atomic E-state index is 0.0612. The zero-order valence-electron chi connectivity index (χ0n) is 13.4. The van der Waals surface area contributed by atoms with E-state index in [1.165, 1.54) is 5.56 Å². The second kappa shape index (κ2) is 7.20. The number of aromatic nitrogens is 2. The second-order valence-corrected chi connectivity index (χ2v) is 6.82. The fourth-order valence-corrected chi connectivity index (χ4v) is 3.61. The molecule has 6 heteroatoms. The first-order chi connectivity index (χ1) is 10.0. The number of carbonyl (C=O) groups is 1. The summed E-state index contributed by atoms with van der Waals surface area (Å²) >= 11 is 1.81. The predicted molar refractivity (Wildman–Crippen MR) is 87.7 cm³/mol. The van der Waals surface area contributed by atoms with Gasteiger partial charge in [0, 0.05) is 23.8 Å². The zero-order chi connectivity index (χ0) is 15.4. The van der Waals surface area contributed by atoms with Crippen molar-refractivity contribution in [2.45, 2.75) is 52.1 Å². The highest BCUT2D eigenvalue weighted by molar-refractivity contribution is 7.98. The molecular formula is C15H26N4OS. The largest absolute Gasteiger partial charge is 0.335 e. The maximum Gasteiger partial charge on any atom is 0.318 e. The molecule has 1 aliphatic rings. The number of rotatable bonds is 5. The van der Waals surface area contributed by atoms with Crippen LogP contribution in [0.3, 0.4) is 0 Å². The van der Waals surface area contributed by atoms with Crippen molar-refractivity contribution in [3.8, 4) is 0 Å². The number of nitrogens with one attached hydrogen (secondary N) is 2. The summed E-state index contributed by atoms with van der Waals surface area (Å²) in [6.07, 6.45) is 5.18. The van der Waals surface area contributed by atoms with E-state index in [1.807, 2.05) is 30.5 Å². The molecule has 0 radical (unpaired) electrons. The number of urea groups is 1. The smallest absolute Gasteiger partial charge is 0.318 e. The number of aryl methyl sites for hydroxylation is 2. The van der Waals surface area contributed by atoms with E-state index in [0.29, 0.717) is 0 Å². The summed E-state index contributed by atoms with van der Waals surface area (Å²) in [5.74, 6) is 1.07. The lowest BCUT2D eigenvalue weighted by molar-refractivity contribution is 0.189. The number of carbonyl (C=O) groups excluding carboxylic acids is 1. The molecule has 2 unspecified atom stereocenters. The molecule has 2 atom stereocenters. The van der Waals surface area contributed by atoms with Crippen LogP contribution in [0.1, 0.15) is 49.2 Å². The van der Waals surface area contributed by atoms with Crippen molar-refractivity contribution in [1.82, 2.24) is 20.4 Å². The van der Waals surface area contributed by atoms with E-state index in [0.717, 1.165) is 42.9 Å². The SMILES string of the molecule is CSCCC(C)NC(=O)N1CCCC1c1c(C)n[nH]c1C. The fourth-order valence-electron chi connectivity index (χ4n) is 3.02. The molecule has 1 aliphatic heterocycles. The third kappa shape index (κ3) is 3.73. The average Bonchev–Trinajstić information content (AvgIpc) is 3.03. The normalized spacial score (nSPS) is 19.8. The first-order valence-electron chi connectivity index (χ1n) is 7.62. The van der Waals surface area contributed by atoms with E-state index in [-0.39, 0.29) is 18.1 Å². The van der Waals surface area contributed by atoms with Crippen molar-refractivity contribution >= 4 is 17.8 Å². The molecule has 0 aromatic carbocycles. The Labute approximate surface area is 131 Å². The van der Waals surface area contributed by atoms with Gasteiger partial charge in [-0.05, 0) is 52.0 Å². The molecule has 5 nitrogen and oxygen atoms in total. The number of hydrogen-bond donors (Lipinski definition) is 2. The number of H-pyrrole nitrogens is 1. The van der Waals surface area contributed by atoms with Crippen LogP contribution in [0, 0.1) is 13.8 Å². The number of nitrogens with zero attached hydrogens (tertiary/aromatic N) is 2. The van der Waals surface area contributed by atoms with Crippen molar-refractivity contribution in [3.63, 3.8) is 0 Å². The van der Waals surface area contributed by atoms with Crippen LogP contribution in [0.5, 0.6) is 0 Å². The fraction of sp³-hybridized carbons (Fsp3) is 0.733. The van der Waals surface area contributed by atoms with Crippen LogP contribution in [-0.4, -0.2) is 45.7 Å². The van der Waals surface area contributed by atoms with Gasteiger partial charge in [-0.3, -0.25) is 5.10 Å². The van der Waals surface area contributed by atoms with E-state index in [9.17, 15) is 4.79 Å². The topological polar surface area (TPSA) is 61.0 Å². The molecule has 2 amide bonds. The Kier molecular flexibility index (Phi) is 5.56. The highest BCUT2D eigenvalue weighted by Gasteiger charge is 2.33. The number of hydrogen-bond acceptors (Lipinski definition) is 3. The highest BCUT2D eigenvalue weighted by atomic mass is 32.2. The van der Waals surface area contributed by atoms with Gasteiger partial charge < -0.3 is 10.2 Å². The molecule has 2 heterocycles. The van der Waals surface area contributed by atoms with Crippen molar-refractivity contribution < 1.29 is 4.79 Å². The van der Waals surface area contributed by atoms with Crippen molar-refractivity contribution in [1.29, 1.82) is 0 Å². The van der Waals surface area contributed by atoms with Crippen LogP contribution >= 0.6 is 11.8 Å². The standard InChI is InChI=1S/C15H26N4OS/c1-10(7-9-21-4)16-15(20)19-8-5-6-13(19)14-11(2)17-18-12(14)3/h10,13H,5-9H2,1-4H3,(H,16,20)(H,17,18). The van der Waals surface area contributed by atoms with Crippen LogP contribution in [0.25, 0.3) is 0 Å². The first kappa shape index (κ1) is 16.2. The predicted octanol–water partition coefficient (Wildman–Crippen LogP) is 3.01. The van der Waals surface area contributed by atoms with Gasteiger partial charge >= 0.3 is 6.03 Å². The van der Waals surface area contributed by atoms with E-state index >= 15 is 0 Å². The Morgan fingerprint density at radius 1 is 1.57 bits per heavy atom. The lowest BCUT2D eigenvalue weighted by Crippen LogP contribution is -2.43. The maximum atomic E-state index is 12.5. The monoisotopic (exact) mass is 310 g/mol. The van der Waals surface area contributed by atoms with Crippen molar-refractivity contribution in [2.75, 3.05) is 18.6 Å². The van der Waals surface area contributed by atoms with Gasteiger partial charge in [0.05, 0.1) is 11.7 Å². The van der Waals surface area contributed by atoms with Crippen molar-refractivity contribution in [2.24, 2.45) is 0 Å². The molecule has 1 aromatic heterocycles. The minimum Gasteiger partial charge on any atom is -0.335 e. The Bertz CT molecular complexity index is 469. The lowest BCUT2D eigenvalue weighted by atomic mass is 10.0. The summed E-state index contributed by atoms with van der Waals surface area (Å²) in [7, 11) is 0. The van der Waals surface area contributed by atoms with Gasteiger partial charge in [0.1, 0.15) is 0 Å². The van der Waals surface area contributed by atoms with Gasteiger partial charge in [-0.25, -0.2) is 4.79 Å². The molecule has 0 saturated carbocycles. The molecule has 2 rings (SSSR count). The first-order valence-corrected chi connectivity index (χ1v) is 9.01. The van der Waals surface area contributed by atoms with Gasteiger partial charge in [-0.2, -0.15) is 16.9 Å². The summed E-state index contributed by atoms with van der Waals surface area (Å²) < 4.78 is 0. The summed E-state index contributed by atoms with van der Waals surface area (Å²) in [5.41, 5.74) is 3.28. The summed E-state index contributed by atoms with van der Waals surface area (Å²) in [4.78, 5) is 14.5. The molecular weight excluding hydrogens is 284 g/mol. The Hall–Kier alpha value is -1.17. The van der Waals surface area contributed by atoms with Crippen LogP contribution in [0.15, 0.2) is 0 Å². The minimum atomic E-state index is 0.0612. The van der Waals surface area contributed by atoms with Gasteiger partial charge in [-0.1, -0.05) is 0 Å².